The van der Waals surface area contributed by atoms with Crippen LogP contribution < -0.4 is 11.1 Å². The molecule has 2 aromatic carbocycles. The van der Waals surface area contributed by atoms with Gasteiger partial charge in [0.25, 0.3) is 0 Å². The Bertz CT molecular complexity index is 871. The normalized spacial score (nSPS) is 19.6. The quantitative estimate of drug-likeness (QED) is 0.741. The number of benzene rings is 2. The number of nitrogen functional groups attached to an aromatic ring is 1. The van der Waals surface area contributed by atoms with Crippen molar-refractivity contribution in [2.45, 2.75) is 25.4 Å². The summed E-state index contributed by atoms with van der Waals surface area (Å²) in [6.07, 6.45) is 0.846. The van der Waals surface area contributed by atoms with E-state index in [2.05, 4.69) is 52.7 Å². The molecule has 0 spiro atoms. The molecule has 1 aromatic heterocycles. The summed E-state index contributed by atoms with van der Waals surface area (Å²) in [6.45, 7) is 2.09. The van der Waals surface area contributed by atoms with E-state index in [1.54, 1.807) is 0 Å². The van der Waals surface area contributed by atoms with E-state index in [9.17, 15) is 0 Å². The number of nitrogens with two attached hydrogens (primary N) is 1. The second-order valence-corrected chi connectivity index (χ2v) is 6.59. The summed E-state index contributed by atoms with van der Waals surface area (Å²) >= 11 is 6.18. The van der Waals surface area contributed by atoms with E-state index in [-0.39, 0.29) is 18.0 Å². The van der Waals surface area contributed by atoms with Crippen LogP contribution in [0.15, 0.2) is 48.5 Å². The minimum absolute atomic E-state index is 0.0380. The Kier molecular flexibility index (Phi) is 3.65. The van der Waals surface area contributed by atoms with Crippen LogP contribution in [0.3, 0.4) is 0 Å². The molecule has 122 valence electrons. The molecule has 0 bridgehead atoms. The topological polar surface area (TPSA) is 68.8 Å². The first-order valence-corrected chi connectivity index (χ1v) is 8.28. The van der Waals surface area contributed by atoms with Crippen LogP contribution in [-0.4, -0.2) is 14.8 Å². The highest BCUT2D eigenvalue weighted by Gasteiger charge is 2.30. The summed E-state index contributed by atoms with van der Waals surface area (Å²) < 4.78 is 1.85. The number of rotatable bonds is 2. The molecule has 24 heavy (non-hydrogen) atoms. The summed E-state index contributed by atoms with van der Waals surface area (Å²) in [7, 11) is 0. The van der Waals surface area contributed by atoms with E-state index >= 15 is 0 Å². The maximum Gasteiger partial charge on any atom is 0.241 e. The first-order chi connectivity index (χ1) is 11.6. The standard InChI is InChI=1S/C18H18ClN5/c1-11-5-7-12(8-6-11)15-10-16(13-3-2-4-14(19)9-13)24-18(21-15)22-17(20)23-24/h2-9,15-16H,10H2,1H3,(H3,20,21,22,23)/t15-,16-/m1/s1. The number of aryl methyl sites for hydroxylation is 1. The van der Waals surface area contributed by atoms with E-state index in [0.717, 1.165) is 12.0 Å². The van der Waals surface area contributed by atoms with Crippen LogP contribution in [-0.2, 0) is 0 Å². The van der Waals surface area contributed by atoms with Crippen LogP contribution in [0.1, 0.15) is 35.2 Å². The highest BCUT2D eigenvalue weighted by molar-refractivity contribution is 6.30. The molecular weight excluding hydrogens is 322 g/mol. The fourth-order valence-electron chi connectivity index (χ4n) is 3.20. The molecular formula is C18H18ClN5. The number of nitrogens with zero attached hydrogens (tertiary/aromatic N) is 3. The molecule has 0 amide bonds. The Morgan fingerprint density at radius 1 is 1.17 bits per heavy atom. The first-order valence-electron chi connectivity index (χ1n) is 7.91. The van der Waals surface area contributed by atoms with Gasteiger partial charge in [0, 0.05) is 5.02 Å². The molecule has 0 aliphatic carbocycles. The van der Waals surface area contributed by atoms with Gasteiger partial charge in [-0.25, -0.2) is 4.68 Å². The van der Waals surface area contributed by atoms with Gasteiger partial charge in [-0.1, -0.05) is 53.6 Å². The summed E-state index contributed by atoms with van der Waals surface area (Å²) in [6, 6.07) is 16.6. The van der Waals surface area contributed by atoms with Crippen LogP contribution in [0.5, 0.6) is 0 Å². The lowest BCUT2D eigenvalue weighted by Crippen LogP contribution is -2.28. The molecule has 0 radical (unpaired) electrons. The van der Waals surface area contributed by atoms with Crippen molar-refractivity contribution in [2.75, 3.05) is 11.1 Å². The van der Waals surface area contributed by atoms with Crippen molar-refractivity contribution in [1.29, 1.82) is 0 Å². The number of halogens is 1. The smallest absolute Gasteiger partial charge is 0.241 e. The Hall–Kier alpha value is -2.53. The average molecular weight is 340 g/mol. The molecule has 2 heterocycles. The van der Waals surface area contributed by atoms with Crippen molar-refractivity contribution in [3.63, 3.8) is 0 Å². The second-order valence-electron chi connectivity index (χ2n) is 6.15. The maximum absolute atomic E-state index is 6.18. The van der Waals surface area contributed by atoms with Crippen LogP contribution in [0.25, 0.3) is 0 Å². The van der Waals surface area contributed by atoms with Gasteiger partial charge in [0.2, 0.25) is 11.9 Å². The van der Waals surface area contributed by atoms with Crippen molar-refractivity contribution in [3.8, 4) is 0 Å². The van der Waals surface area contributed by atoms with Gasteiger partial charge in [-0.2, -0.15) is 4.98 Å². The number of hydrogen-bond acceptors (Lipinski definition) is 4. The zero-order chi connectivity index (χ0) is 16.7. The minimum atomic E-state index is 0.0380. The van der Waals surface area contributed by atoms with E-state index in [1.165, 1.54) is 11.1 Å². The first kappa shape index (κ1) is 15.0. The number of aromatic nitrogens is 3. The molecule has 0 saturated heterocycles. The Labute approximate surface area is 145 Å². The molecule has 4 rings (SSSR count). The summed E-state index contributed by atoms with van der Waals surface area (Å²) in [4.78, 5) is 4.33. The van der Waals surface area contributed by atoms with Crippen LogP contribution in [0, 0.1) is 6.92 Å². The zero-order valence-corrected chi connectivity index (χ0v) is 14.0. The minimum Gasteiger partial charge on any atom is -0.366 e. The van der Waals surface area contributed by atoms with Gasteiger partial charge >= 0.3 is 0 Å². The Morgan fingerprint density at radius 2 is 1.96 bits per heavy atom. The Morgan fingerprint density at radius 3 is 2.71 bits per heavy atom. The third-order valence-electron chi connectivity index (χ3n) is 4.42. The van der Waals surface area contributed by atoms with E-state index < -0.39 is 0 Å². The maximum atomic E-state index is 6.18. The van der Waals surface area contributed by atoms with E-state index in [0.29, 0.717) is 11.0 Å². The molecule has 0 unspecified atom stereocenters. The fourth-order valence-corrected chi connectivity index (χ4v) is 3.40. The summed E-state index contributed by atoms with van der Waals surface area (Å²) in [5.74, 6) is 0.961. The average Bonchev–Trinajstić information content (AvgIpc) is 2.94. The summed E-state index contributed by atoms with van der Waals surface area (Å²) in [5, 5.41) is 8.52. The van der Waals surface area contributed by atoms with Crippen LogP contribution in [0.4, 0.5) is 11.9 Å². The molecule has 1 aliphatic rings. The molecule has 0 fully saturated rings. The molecule has 2 atom stereocenters. The number of hydrogen-bond donors (Lipinski definition) is 2. The largest absolute Gasteiger partial charge is 0.366 e. The Balaban J connectivity index is 1.76. The van der Waals surface area contributed by atoms with E-state index in [4.69, 9.17) is 17.3 Å². The number of nitrogens with one attached hydrogen (secondary N) is 1. The van der Waals surface area contributed by atoms with Crippen LogP contribution in [0.2, 0.25) is 5.02 Å². The highest BCUT2D eigenvalue weighted by atomic mass is 35.5. The lowest BCUT2D eigenvalue weighted by Gasteiger charge is -2.31. The van der Waals surface area contributed by atoms with Crippen molar-refractivity contribution < 1.29 is 0 Å². The van der Waals surface area contributed by atoms with Gasteiger partial charge in [-0.3, -0.25) is 0 Å². The van der Waals surface area contributed by atoms with Gasteiger partial charge in [-0.05, 0) is 36.6 Å². The molecule has 6 heteroatoms. The molecule has 3 N–H and O–H groups in total. The number of fused-ring (bicyclic) bond motifs is 1. The molecule has 5 nitrogen and oxygen atoms in total. The van der Waals surface area contributed by atoms with Crippen molar-refractivity contribution in [1.82, 2.24) is 14.8 Å². The SMILES string of the molecule is Cc1ccc([C@H]2C[C@H](c3cccc(Cl)c3)n3nc(N)nc3N2)cc1. The van der Waals surface area contributed by atoms with Crippen molar-refractivity contribution in [2.24, 2.45) is 0 Å². The zero-order valence-electron chi connectivity index (χ0n) is 13.3. The number of anilines is 2. The monoisotopic (exact) mass is 339 g/mol. The van der Waals surface area contributed by atoms with Crippen molar-refractivity contribution >= 4 is 23.5 Å². The predicted molar refractivity (Wildman–Crippen MR) is 96.2 cm³/mol. The van der Waals surface area contributed by atoms with E-state index in [1.807, 2.05) is 22.9 Å². The lowest BCUT2D eigenvalue weighted by atomic mass is 9.93. The summed E-state index contributed by atoms with van der Waals surface area (Å²) in [5.41, 5.74) is 9.39. The van der Waals surface area contributed by atoms with Crippen molar-refractivity contribution in [3.05, 3.63) is 70.2 Å². The highest BCUT2D eigenvalue weighted by Crippen LogP contribution is 2.38. The molecule has 1 aliphatic heterocycles. The fraction of sp³-hybridized carbons (Fsp3) is 0.222. The second kappa shape index (κ2) is 5.83. The molecule has 0 saturated carbocycles. The third kappa shape index (κ3) is 2.71. The van der Waals surface area contributed by atoms with Gasteiger partial charge in [0.15, 0.2) is 0 Å². The van der Waals surface area contributed by atoms with Gasteiger partial charge < -0.3 is 11.1 Å². The van der Waals surface area contributed by atoms with Crippen LogP contribution >= 0.6 is 11.6 Å². The van der Waals surface area contributed by atoms with Gasteiger partial charge in [0.1, 0.15) is 0 Å². The molecule has 3 aromatic rings. The van der Waals surface area contributed by atoms with Gasteiger partial charge in [-0.15, -0.1) is 5.10 Å². The van der Waals surface area contributed by atoms with Gasteiger partial charge in [0.05, 0.1) is 12.1 Å². The predicted octanol–water partition coefficient (Wildman–Crippen LogP) is 3.97. The third-order valence-corrected chi connectivity index (χ3v) is 4.65. The lowest BCUT2D eigenvalue weighted by molar-refractivity contribution is 0.431.